The van der Waals surface area contributed by atoms with E-state index in [0.717, 1.165) is 22.2 Å². The van der Waals surface area contributed by atoms with Crippen molar-refractivity contribution in [3.05, 3.63) is 90.5 Å². The van der Waals surface area contributed by atoms with Gasteiger partial charge in [-0.3, -0.25) is 0 Å². The summed E-state index contributed by atoms with van der Waals surface area (Å²) < 4.78 is 10.9. The van der Waals surface area contributed by atoms with Crippen LogP contribution in [0.3, 0.4) is 0 Å². The van der Waals surface area contributed by atoms with Crippen molar-refractivity contribution in [1.82, 2.24) is 4.98 Å². The maximum absolute atomic E-state index is 13.0. The van der Waals surface area contributed by atoms with Gasteiger partial charge in [0.05, 0.1) is 23.9 Å². The van der Waals surface area contributed by atoms with Crippen LogP contribution in [0.25, 0.3) is 22.2 Å². The third-order valence-corrected chi connectivity index (χ3v) is 4.28. The smallest absolute Gasteiger partial charge is 0.344 e. The van der Waals surface area contributed by atoms with Crippen LogP contribution < -0.4 is 9.47 Å². The molecule has 0 unspecified atom stereocenters. The molecule has 0 saturated heterocycles. The molecule has 4 nitrogen and oxygen atoms in total. The summed E-state index contributed by atoms with van der Waals surface area (Å²) in [7, 11) is 1.54. The van der Waals surface area contributed by atoms with Crippen LogP contribution in [-0.2, 0) is 0 Å². The Bertz CT molecular complexity index is 1110. The second kappa shape index (κ2) is 7.30. The molecular weight excluding hydrogens is 338 g/mol. The van der Waals surface area contributed by atoms with Crippen molar-refractivity contribution in [3.63, 3.8) is 0 Å². The number of aromatic nitrogens is 1. The number of methoxy groups -OCH3 is 1. The molecule has 0 atom stereocenters. The lowest BCUT2D eigenvalue weighted by molar-refractivity contribution is 0.0732. The third kappa shape index (κ3) is 3.37. The zero-order chi connectivity index (χ0) is 18.6. The lowest BCUT2D eigenvalue weighted by Crippen LogP contribution is -2.10. The number of benzene rings is 3. The zero-order valence-corrected chi connectivity index (χ0v) is 14.8. The summed E-state index contributed by atoms with van der Waals surface area (Å²) in [5, 5.41) is 0.747. The molecule has 0 aliphatic heterocycles. The summed E-state index contributed by atoms with van der Waals surface area (Å²) in [4.78, 5) is 17.7. The fourth-order valence-corrected chi connectivity index (χ4v) is 2.96. The Balaban J connectivity index is 1.81. The van der Waals surface area contributed by atoms with E-state index in [1.165, 1.54) is 0 Å². The number of carbonyl (C=O) groups excluding carboxylic acids is 1. The summed E-state index contributed by atoms with van der Waals surface area (Å²) in [6.45, 7) is 0. The Morgan fingerprint density at radius 2 is 1.48 bits per heavy atom. The fourth-order valence-electron chi connectivity index (χ4n) is 2.96. The number of pyridine rings is 1. The summed E-state index contributed by atoms with van der Waals surface area (Å²) >= 11 is 0. The first-order chi connectivity index (χ1) is 13.3. The van der Waals surface area contributed by atoms with Gasteiger partial charge in [0.15, 0.2) is 11.5 Å². The molecule has 0 aliphatic rings. The SMILES string of the molecule is COc1ccccc1OC(=O)c1cc(-c2ccccc2)nc2ccccc12. The van der Waals surface area contributed by atoms with E-state index in [2.05, 4.69) is 0 Å². The summed E-state index contributed by atoms with van der Waals surface area (Å²) in [5.41, 5.74) is 2.87. The molecule has 1 aromatic heterocycles. The molecule has 3 aromatic carbocycles. The van der Waals surface area contributed by atoms with E-state index in [4.69, 9.17) is 14.5 Å². The van der Waals surface area contributed by atoms with Crippen LogP contribution in [0.2, 0.25) is 0 Å². The maximum Gasteiger partial charge on any atom is 0.344 e. The molecule has 4 rings (SSSR count). The predicted octanol–water partition coefficient (Wildman–Crippen LogP) is 5.13. The van der Waals surface area contributed by atoms with Gasteiger partial charge in [-0.25, -0.2) is 9.78 Å². The summed E-state index contributed by atoms with van der Waals surface area (Å²) in [6, 6.07) is 26.2. The van der Waals surface area contributed by atoms with E-state index in [1.54, 1.807) is 31.4 Å². The Labute approximate surface area is 157 Å². The molecule has 0 N–H and O–H groups in total. The van der Waals surface area contributed by atoms with Crippen molar-refractivity contribution in [2.45, 2.75) is 0 Å². The van der Waals surface area contributed by atoms with E-state index < -0.39 is 5.97 Å². The van der Waals surface area contributed by atoms with Gasteiger partial charge in [-0.1, -0.05) is 60.7 Å². The topological polar surface area (TPSA) is 48.4 Å². The first-order valence-electron chi connectivity index (χ1n) is 8.56. The van der Waals surface area contributed by atoms with Gasteiger partial charge in [-0.2, -0.15) is 0 Å². The number of nitrogens with zero attached hydrogens (tertiary/aromatic N) is 1. The summed E-state index contributed by atoms with van der Waals surface area (Å²) in [5.74, 6) is 0.440. The minimum atomic E-state index is -0.449. The monoisotopic (exact) mass is 355 g/mol. The molecule has 0 spiro atoms. The number of carbonyl (C=O) groups is 1. The highest BCUT2D eigenvalue weighted by atomic mass is 16.6. The van der Waals surface area contributed by atoms with Crippen LogP contribution >= 0.6 is 0 Å². The van der Waals surface area contributed by atoms with Gasteiger partial charge in [0, 0.05) is 10.9 Å². The lowest BCUT2D eigenvalue weighted by Gasteiger charge is -2.11. The number of ether oxygens (including phenoxy) is 2. The molecule has 1 heterocycles. The minimum Gasteiger partial charge on any atom is -0.493 e. The highest BCUT2D eigenvalue weighted by Crippen LogP contribution is 2.29. The Hall–Kier alpha value is -3.66. The normalized spacial score (nSPS) is 10.6. The molecule has 4 aromatic rings. The molecule has 27 heavy (non-hydrogen) atoms. The van der Waals surface area contributed by atoms with Crippen molar-refractivity contribution in [1.29, 1.82) is 0 Å². The van der Waals surface area contributed by atoms with Gasteiger partial charge in [0.2, 0.25) is 0 Å². The molecule has 0 bridgehead atoms. The van der Waals surface area contributed by atoms with Crippen molar-refractivity contribution in [3.8, 4) is 22.8 Å². The Morgan fingerprint density at radius 1 is 0.815 bits per heavy atom. The molecule has 0 radical (unpaired) electrons. The standard InChI is InChI=1S/C23H17NO3/c1-26-21-13-7-8-14-22(21)27-23(25)18-15-20(16-9-3-2-4-10-16)24-19-12-6-5-11-17(18)19/h2-15H,1H3. The van der Waals surface area contributed by atoms with Gasteiger partial charge in [0.1, 0.15) is 0 Å². The molecule has 132 valence electrons. The highest BCUT2D eigenvalue weighted by molar-refractivity contribution is 6.05. The van der Waals surface area contributed by atoms with E-state index in [1.807, 2.05) is 60.7 Å². The number of esters is 1. The number of fused-ring (bicyclic) bond motifs is 1. The van der Waals surface area contributed by atoms with Crippen LogP contribution in [0, 0.1) is 0 Å². The Kier molecular flexibility index (Phi) is 4.54. The average molecular weight is 355 g/mol. The van der Waals surface area contributed by atoms with Gasteiger partial charge >= 0.3 is 5.97 Å². The van der Waals surface area contributed by atoms with Crippen molar-refractivity contribution < 1.29 is 14.3 Å². The molecular formula is C23H17NO3. The summed E-state index contributed by atoms with van der Waals surface area (Å²) in [6.07, 6.45) is 0. The van der Waals surface area contributed by atoms with Gasteiger partial charge < -0.3 is 9.47 Å². The first kappa shape index (κ1) is 16.8. The number of para-hydroxylation sites is 3. The molecule has 0 aliphatic carbocycles. The fraction of sp³-hybridized carbons (Fsp3) is 0.0435. The lowest BCUT2D eigenvalue weighted by atomic mass is 10.0. The molecule has 0 amide bonds. The largest absolute Gasteiger partial charge is 0.493 e. The second-order valence-corrected chi connectivity index (χ2v) is 5.98. The first-order valence-corrected chi connectivity index (χ1v) is 8.56. The number of rotatable bonds is 4. The van der Waals surface area contributed by atoms with Gasteiger partial charge in [0.25, 0.3) is 0 Å². The predicted molar refractivity (Wildman–Crippen MR) is 105 cm³/mol. The van der Waals surface area contributed by atoms with E-state index in [0.29, 0.717) is 17.1 Å². The quantitative estimate of drug-likeness (QED) is 0.376. The zero-order valence-electron chi connectivity index (χ0n) is 14.8. The van der Waals surface area contributed by atoms with Crippen molar-refractivity contribution >= 4 is 16.9 Å². The second-order valence-electron chi connectivity index (χ2n) is 5.98. The number of hydrogen-bond acceptors (Lipinski definition) is 4. The van der Waals surface area contributed by atoms with E-state index in [9.17, 15) is 4.79 Å². The highest BCUT2D eigenvalue weighted by Gasteiger charge is 2.17. The van der Waals surface area contributed by atoms with Crippen LogP contribution in [0.4, 0.5) is 0 Å². The number of hydrogen-bond donors (Lipinski definition) is 0. The van der Waals surface area contributed by atoms with Crippen LogP contribution in [0.5, 0.6) is 11.5 Å². The van der Waals surface area contributed by atoms with E-state index >= 15 is 0 Å². The average Bonchev–Trinajstić information content (AvgIpc) is 2.74. The van der Waals surface area contributed by atoms with Crippen molar-refractivity contribution in [2.75, 3.05) is 7.11 Å². The van der Waals surface area contributed by atoms with E-state index in [-0.39, 0.29) is 0 Å². The third-order valence-electron chi connectivity index (χ3n) is 4.28. The van der Waals surface area contributed by atoms with Crippen LogP contribution in [0.1, 0.15) is 10.4 Å². The van der Waals surface area contributed by atoms with Gasteiger partial charge in [-0.15, -0.1) is 0 Å². The molecule has 4 heteroatoms. The Morgan fingerprint density at radius 3 is 2.26 bits per heavy atom. The minimum absolute atomic E-state index is 0.382. The van der Waals surface area contributed by atoms with Gasteiger partial charge in [-0.05, 0) is 24.3 Å². The van der Waals surface area contributed by atoms with Crippen LogP contribution in [-0.4, -0.2) is 18.1 Å². The van der Waals surface area contributed by atoms with Crippen LogP contribution in [0.15, 0.2) is 84.9 Å². The maximum atomic E-state index is 13.0. The van der Waals surface area contributed by atoms with Crippen molar-refractivity contribution in [2.24, 2.45) is 0 Å². The molecule has 0 saturated carbocycles. The molecule has 0 fully saturated rings.